The molecule has 0 N–H and O–H groups in total. The number of fused-ring (bicyclic) bond motifs is 2. The van der Waals surface area contributed by atoms with Crippen LogP contribution in [0, 0.1) is 27.7 Å². The van der Waals surface area contributed by atoms with Crippen molar-refractivity contribution in [3.05, 3.63) is 155 Å². The van der Waals surface area contributed by atoms with Crippen LogP contribution in [0.5, 0.6) is 23.0 Å². The summed E-state index contributed by atoms with van der Waals surface area (Å²) in [7, 11) is 4.08. The number of nitrogens with zero attached hydrogens (tertiary/aromatic N) is 3. The Bertz CT molecular complexity index is 3860. The molecule has 31 heteroatoms. The summed E-state index contributed by atoms with van der Waals surface area (Å²) in [5.41, 5.74) is 7.30. The number of sulfone groups is 1. The Morgan fingerprint density at radius 1 is 0.432 bits per heavy atom. The predicted molar refractivity (Wildman–Crippen MR) is 360 cm³/mol. The van der Waals surface area contributed by atoms with Crippen molar-refractivity contribution >= 4 is 138 Å². The number of hydrogen-bond donors (Lipinski definition) is 0. The average molecular weight is 1450 g/mol. The molecule has 6 aromatic rings. The second-order valence-corrected chi connectivity index (χ2v) is 38.8. The van der Waals surface area contributed by atoms with Gasteiger partial charge in [0.05, 0.1) is 56.8 Å². The van der Waals surface area contributed by atoms with Crippen molar-refractivity contribution in [1.29, 1.82) is 0 Å². The van der Waals surface area contributed by atoms with Crippen molar-refractivity contribution < 1.29 is 69.5 Å². The fourth-order valence-electron chi connectivity index (χ4n) is 8.13. The Labute approximate surface area is 547 Å². The minimum atomic E-state index is -3.79. The van der Waals surface area contributed by atoms with Crippen molar-refractivity contribution in [2.24, 2.45) is 0 Å². The van der Waals surface area contributed by atoms with Gasteiger partial charge in [-0.2, -0.15) is 0 Å². The standard InChI is InChI=1S/C18H21NO6S2.2C10H15NO2S.C10H14.C8H7ClO4S.CH3ClO2S.Al.3ClH/c1-4-19(26(3,20)21)14-5-8-18(13(2)11-14)27(22,23)15-6-7-16-17(12-15)25-10-9-24-16;2*1-4-11(14(3,12)13)10-7-5-6-9(2)8-10;1-3-5-10-7-4-6-9(2)8-10;9-14(10,11)6-1-2-7-8(5-6)13-4-3-12-7;1-5(2,3)4;;;;/h5-8,11-12H,4,9-10H2,1-3H3;2*5-8H,4H2,1-3H3;4,6-8H,3,5H2,1-2H3;1-2,5H,3-4H2;1H3;;3*1H/q;;;;;;+3;;;/p-3. The van der Waals surface area contributed by atoms with E-state index in [1.165, 1.54) is 91.9 Å². The molecule has 0 radical (unpaired) electrons. The molecule has 2 aliphatic rings. The van der Waals surface area contributed by atoms with Crippen LogP contribution in [-0.2, 0) is 64.4 Å². The summed E-state index contributed by atoms with van der Waals surface area (Å²) >= 11 is -1.72. The molecule has 0 saturated carbocycles. The molecule has 19 nitrogen and oxygen atoms in total. The maximum absolute atomic E-state index is 13.1. The smallest absolute Gasteiger partial charge is 0.486 e. The highest BCUT2D eigenvalue weighted by molar-refractivity contribution is 8.13. The number of sulfonamides is 3. The van der Waals surface area contributed by atoms with Gasteiger partial charge in [0.1, 0.15) is 26.4 Å². The highest BCUT2D eigenvalue weighted by atomic mass is 35.8. The van der Waals surface area contributed by atoms with E-state index in [0.717, 1.165) is 35.0 Å². The summed E-state index contributed by atoms with van der Waals surface area (Å²) in [6.07, 6.45) is 6.93. The number of aryl methyl sites for hydroxylation is 5. The van der Waals surface area contributed by atoms with Crippen molar-refractivity contribution in [1.82, 2.24) is 0 Å². The van der Waals surface area contributed by atoms with E-state index in [9.17, 15) is 50.5 Å². The number of rotatable bonds is 14. The molecule has 8 rings (SSSR count). The van der Waals surface area contributed by atoms with E-state index in [1.807, 2.05) is 64.1 Å². The van der Waals surface area contributed by atoms with E-state index < -0.39 is 69.4 Å². The number of benzene rings is 6. The van der Waals surface area contributed by atoms with Gasteiger partial charge in [0, 0.05) is 53.1 Å². The van der Waals surface area contributed by atoms with E-state index in [0.29, 0.717) is 73.8 Å². The second kappa shape index (κ2) is 36.6. The van der Waals surface area contributed by atoms with Crippen molar-refractivity contribution in [2.75, 3.05) is 84.0 Å². The molecule has 0 aromatic heterocycles. The van der Waals surface area contributed by atoms with Crippen LogP contribution in [0.3, 0.4) is 0 Å². The molecule has 0 atom stereocenters. The lowest BCUT2D eigenvalue weighted by atomic mass is 10.1. The van der Waals surface area contributed by atoms with Gasteiger partial charge < -0.3 is 18.9 Å². The molecule has 0 fully saturated rings. The summed E-state index contributed by atoms with van der Waals surface area (Å²) < 4.78 is 162. The van der Waals surface area contributed by atoms with Gasteiger partial charge in [-0.05, 0) is 144 Å². The Morgan fingerprint density at radius 2 is 0.773 bits per heavy atom. The third kappa shape index (κ3) is 28.8. The first-order chi connectivity index (χ1) is 40.7. The van der Waals surface area contributed by atoms with Crippen molar-refractivity contribution in [3.8, 4) is 23.0 Å². The zero-order chi connectivity index (χ0) is 67.0. The van der Waals surface area contributed by atoms with Crippen LogP contribution >= 0.6 is 51.5 Å². The zero-order valence-electron chi connectivity index (χ0n) is 50.8. The first kappa shape index (κ1) is 79.7. The highest BCUT2D eigenvalue weighted by Gasteiger charge is 2.25. The Morgan fingerprint density at radius 3 is 1.10 bits per heavy atom. The maximum Gasteiger partial charge on any atom is 0.643 e. The molecule has 0 saturated heterocycles. The van der Waals surface area contributed by atoms with Crippen LogP contribution in [-0.4, -0.2) is 133 Å². The van der Waals surface area contributed by atoms with Gasteiger partial charge in [-0.25, -0.2) is 80.7 Å². The molecule has 2 aliphatic heterocycles. The van der Waals surface area contributed by atoms with Crippen molar-refractivity contribution in [3.63, 3.8) is 0 Å². The van der Waals surface area contributed by atoms with E-state index in [-0.39, 0.29) is 21.2 Å². The van der Waals surface area contributed by atoms with Crippen LogP contribution in [0.1, 0.15) is 61.9 Å². The van der Waals surface area contributed by atoms with Gasteiger partial charge in [-0.3, -0.25) is 12.9 Å². The molecule has 88 heavy (non-hydrogen) atoms. The number of ether oxygens (including phenoxy) is 4. The molecular formula is C57H75AlCl5N3O16S6. The first-order valence-corrected chi connectivity index (χ1v) is 44.0. The van der Waals surface area contributed by atoms with Crippen molar-refractivity contribution in [2.45, 2.75) is 82.9 Å². The fraction of sp³-hybridized carbons (Fsp3) is 0.368. The lowest BCUT2D eigenvalue weighted by Gasteiger charge is -2.22. The number of anilines is 3. The molecule has 2 heterocycles. The van der Waals surface area contributed by atoms with Crippen LogP contribution in [0.25, 0.3) is 0 Å². The van der Waals surface area contributed by atoms with Gasteiger partial charge in [0.2, 0.25) is 49.0 Å². The highest BCUT2D eigenvalue weighted by Crippen LogP contribution is 2.36. The maximum atomic E-state index is 13.1. The number of hydrogen-bond acceptors (Lipinski definition) is 16. The van der Waals surface area contributed by atoms with E-state index >= 15 is 0 Å². The second-order valence-electron chi connectivity index (χ2n) is 19.1. The molecule has 0 spiro atoms. The SMILES string of the molecule is CCCc1cccc(C)c1.CCN(c1ccc(S(=O)(=O)c2ccc3c(c2)OCCO3)c(C)c1)S(C)(=O)=O.CCN(c1cccc(C)c1)S(C)(=O)=O.CCN(c1cccc(C)c1)S(C)(=O)=O.CS(=O)(=O)Cl.O=S(=O)(Cl)c1ccc2c(c1)OCCO2.[Cl][Al]([Cl])[Cl]. The molecule has 0 aliphatic carbocycles. The molecular weight excluding hydrogens is 1380 g/mol. The third-order valence-corrected chi connectivity index (χ3v) is 18.7. The van der Waals surface area contributed by atoms with Crippen LogP contribution in [0.4, 0.5) is 17.1 Å². The van der Waals surface area contributed by atoms with Gasteiger partial charge in [0.25, 0.3) is 9.05 Å². The fourth-order valence-corrected chi connectivity index (χ4v) is 13.3. The normalized spacial score (nSPS) is 12.4. The molecule has 6 aromatic carbocycles. The van der Waals surface area contributed by atoms with E-state index in [1.54, 1.807) is 38.1 Å². The van der Waals surface area contributed by atoms with Gasteiger partial charge >= 0.3 is 11.4 Å². The average Bonchev–Trinajstić information content (AvgIpc) is 3.51. The minimum Gasteiger partial charge on any atom is -0.486 e. The largest absolute Gasteiger partial charge is 0.643 e. The lowest BCUT2D eigenvalue weighted by Crippen LogP contribution is -2.29. The molecule has 0 amide bonds. The van der Waals surface area contributed by atoms with Crippen LogP contribution in [0.15, 0.2) is 142 Å². The van der Waals surface area contributed by atoms with E-state index in [2.05, 4.69) is 48.8 Å². The Balaban J connectivity index is 0.000000376. The quantitative estimate of drug-likeness (QED) is 0.0726. The van der Waals surface area contributed by atoms with Gasteiger partial charge in [-0.15, -0.1) is 0 Å². The predicted octanol–water partition coefficient (Wildman–Crippen LogP) is 12.2. The minimum absolute atomic E-state index is 0.0171. The molecule has 0 bridgehead atoms. The first-order valence-electron chi connectivity index (χ1n) is 26.7. The van der Waals surface area contributed by atoms with Crippen LogP contribution < -0.4 is 31.9 Å². The zero-order valence-corrected chi connectivity index (χ0v) is 60.6. The monoisotopic (exact) mass is 1450 g/mol. The summed E-state index contributed by atoms with van der Waals surface area (Å²) in [4.78, 5) is 0.231. The molecule has 488 valence electrons. The summed E-state index contributed by atoms with van der Waals surface area (Å²) in [6.45, 7) is 18.1. The van der Waals surface area contributed by atoms with Gasteiger partial charge in [0.15, 0.2) is 23.0 Å². The molecule has 0 unspecified atom stereocenters. The summed E-state index contributed by atoms with van der Waals surface area (Å²) in [5, 5.41) is 0. The number of halogens is 5. The summed E-state index contributed by atoms with van der Waals surface area (Å²) in [6, 6.07) is 36.9. The third-order valence-electron chi connectivity index (χ3n) is 11.6. The van der Waals surface area contributed by atoms with Gasteiger partial charge in [-0.1, -0.05) is 67.4 Å². The summed E-state index contributed by atoms with van der Waals surface area (Å²) in [5.74, 6) is 1.86. The van der Waals surface area contributed by atoms with E-state index in [4.69, 9.17) is 59.8 Å². The van der Waals surface area contributed by atoms with Crippen LogP contribution in [0.2, 0.25) is 0 Å². The Hall–Kier alpha value is -4.40. The topological polar surface area (TPSA) is 251 Å². The Kier molecular flexibility index (Phi) is 33.1. The lowest BCUT2D eigenvalue weighted by molar-refractivity contribution is 0.171.